The van der Waals surface area contributed by atoms with Gasteiger partial charge in [0.1, 0.15) is 5.82 Å². The molecule has 1 N–H and O–H groups in total. The van der Waals surface area contributed by atoms with Crippen LogP contribution in [0.15, 0.2) is 35.3 Å². The molecule has 3 rings (SSSR count). The molecule has 0 aliphatic carbocycles. The molecule has 4 nitrogen and oxygen atoms in total. The number of fused-ring (bicyclic) bond motifs is 1. The van der Waals surface area contributed by atoms with E-state index in [1.54, 1.807) is 18.6 Å². The van der Waals surface area contributed by atoms with E-state index in [1.165, 1.54) is 6.07 Å². The highest BCUT2D eigenvalue weighted by Crippen LogP contribution is 2.26. The van der Waals surface area contributed by atoms with Gasteiger partial charge in [-0.3, -0.25) is 0 Å². The maximum absolute atomic E-state index is 13.8. The maximum Gasteiger partial charge on any atom is 0.178 e. The molecule has 0 saturated carbocycles. The lowest BCUT2D eigenvalue weighted by atomic mass is 10.2. The van der Waals surface area contributed by atoms with Gasteiger partial charge >= 0.3 is 0 Å². The van der Waals surface area contributed by atoms with E-state index in [2.05, 4.69) is 25.9 Å². The lowest BCUT2D eigenvalue weighted by Crippen LogP contribution is -2.12. The number of nitrogens with zero attached hydrogens (tertiary/aromatic N) is 3. The normalized spacial score (nSPS) is 12.9. The molecular weight excluding hydrogens is 343 g/mol. The van der Waals surface area contributed by atoms with Gasteiger partial charge in [0, 0.05) is 25.0 Å². The van der Waals surface area contributed by atoms with Gasteiger partial charge in [-0.05, 0) is 41.1 Å². The Kier molecular flexibility index (Phi) is 3.47. The lowest BCUT2D eigenvalue weighted by molar-refractivity contribution is 0.469. The molecule has 0 spiro atoms. The monoisotopic (exact) mass is 354 g/mol. The minimum Gasteiger partial charge on any atom is -0.335 e. The molecule has 104 valence electrons. The zero-order valence-electron chi connectivity index (χ0n) is 10.7. The molecule has 0 amide bonds. The summed E-state index contributed by atoms with van der Waals surface area (Å²) >= 11 is 8.54. The van der Waals surface area contributed by atoms with Crippen molar-refractivity contribution >= 4 is 39.2 Å². The first-order valence-corrected chi connectivity index (χ1v) is 7.31. The van der Waals surface area contributed by atoms with E-state index in [0.717, 1.165) is 17.6 Å². The summed E-state index contributed by atoms with van der Waals surface area (Å²) in [5.41, 5.74) is 1.59. The summed E-state index contributed by atoms with van der Waals surface area (Å²) in [4.78, 5) is 7.13. The molecule has 0 aliphatic rings. The van der Waals surface area contributed by atoms with Crippen LogP contribution in [0.2, 0.25) is 0 Å². The SMILES string of the molecule is CC(Cn1ccnc1)n1c(=S)[nH]c2cc(Br)c(F)cc21. The largest absolute Gasteiger partial charge is 0.335 e. The molecule has 0 radical (unpaired) electrons. The van der Waals surface area contributed by atoms with E-state index in [0.29, 0.717) is 9.24 Å². The highest BCUT2D eigenvalue weighted by Gasteiger charge is 2.14. The first kappa shape index (κ1) is 13.5. The Labute approximate surface area is 128 Å². The Balaban J connectivity index is 2.08. The van der Waals surface area contributed by atoms with Crippen LogP contribution in [0.1, 0.15) is 13.0 Å². The van der Waals surface area contributed by atoms with Crippen LogP contribution < -0.4 is 0 Å². The average Bonchev–Trinajstić information content (AvgIpc) is 2.97. The first-order valence-electron chi connectivity index (χ1n) is 6.11. The Bertz CT molecular complexity index is 806. The summed E-state index contributed by atoms with van der Waals surface area (Å²) in [6.45, 7) is 2.77. The summed E-state index contributed by atoms with van der Waals surface area (Å²) < 4.78 is 18.7. The van der Waals surface area contributed by atoms with Crippen molar-refractivity contribution in [3.05, 3.63) is 45.9 Å². The van der Waals surface area contributed by atoms with Gasteiger partial charge in [-0.15, -0.1) is 0 Å². The minimum atomic E-state index is -0.296. The molecule has 1 atom stereocenters. The van der Waals surface area contributed by atoms with Gasteiger partial charge in [0.15, 0.2) is 4.77 Å². The third-order valence-electron chi connectivity index (χ3n) is 3.23. The van der Waals surface area contributed by atoms with Crippen molar-refractivity contribution in [2.45, 2.75) is 19.5 Å². The van der Waals surface area contributed by atoms with Gasteiger partial charge in [0.25, 0.3) is 0 Å². The molecule has 3 aromatic rings. The van der Waals surface area contributed by atoms with Gasteiger partial charge < -0.3 is 14.1 Å². The molecule has 1 unspecified atom stereocenters. The number of aromatic nitrogens is 4. The van der Waals surface area contributed by atoms with Crippen molar-refractivity contribution in [3.63, 3.8) is 0 Å². The van der Waals surface area contributed by atoms with Crippen LogP contribution in [0, 0.1) is 10.6 Å². The quantitative estimate of drug-likeness (QED) is 0.720. The van der Waals surface area contributed by atoms with E-state index < -0.39 is 0 Å². The van der Waals surface area contributed by atoms with Crippen LogP contribution in [0.5, 0.6) is 0 Å². The highest BCUT2D eigenvalue weighted by atomic mass is 79.9. The number of hydrogen-bond acceptors (Lipinski definition) is 2. The van der Waals surface area contributed by atoms with Crippen molar-refractivity contribution in [1.29, 1.82) is 0 Å². The van der Waals surface area contributed by atoms with E-state index >= 15 is 0 Å². The molecule has 0 aliphatic heterocycles. The van der Waals surface area contributed by atoms with Crippen LogP contribution in [-0.4, -0.2) is 19.1 Å². The Morgan fingerprint density at radius 2 is 2.30 bits per heavy atom. The second kappa shape index (κ2) is 5.14. The minimum absolute atomic E-state index is 0.0889. The zero-order valence-corrected chi connectivity index (χ0v) is 13.1. The Morgan fingerprint density at radius 1 is 1.50 bits per heavy atom. The van der Waals surface area contributed by atoms with Crippen molar-refractivity contribution < 1.29 is 4.39 Å². The smallest absolute Gasteiger partial charge is 0.178 e. The number of hydrogen-bond donors (Lipinski definition) is 1. The summed E-state index contributed by atoms with van der Waals surface area (Å²) in [5, 5.41) is 0. The summed E-state index contributed by atoms with van der Waals surface area (Å²) in [6.07, 6.45) is 5.39. The van der Waals surface area contributed by atoms with Gasteiger partial charge in [-0.1, -0.05) is 0 Å². The second-order valence-corrected chi connectivity index (χ2v) is 5.93. The topological polar surface area (TPSA) is 38.5 Å². The fraction of sp³-hybridized carbons (Fsp3) is 0.231. The predicted octanol–water partition coefficient (Wildman–Crippen LogP) is 4.06. The number of aromatic amines is 1. The van der Waals surface area contributed by atoms with E-state index in [4.69, 9.17) is 12.2 Å². The highest BCUT2D eigenvalue weighted by molar-refractivity contribution is 9.10. The van der Waals surface area contributed by atoms with Gasteiger partial charge in [-0.25, -0.2) is 9.37 Å². The van der Waals surface area contributed by atoms with Crippen LogP contribution in [0.3, 0.4) is 0 Å². The standard InChI is InChI=1S/C13H12BrFN4S/c1-8(6-18-3-2-16-7-18)19-12-5-10(15)9(14)4-11(12)17-13(19)20/h2-5,7-8H,6H2,1H3,(H,17,20). The Hall–Kier alpha value is -1.47. The number of halogens is 2. The molecule has 0 fully saturated rings. The Morgan fingerprint density at radius 3 is 3.00 bits per heavy atom. The van der Waals surface area contributed by atoms with Crippen LogP contribution in [-0.2, 0) is 6.54 Å². The average molecular weight is 355 g/mol. The molecule has 0 bridgehead atoms. The van der Waals surface area contributed by atoms with Crippen LogP contribution in [0.4, 0.5) is 4.39 Å². The maximum atomic E-state index is 13.8. The number of nitrogens with one attached hydrogen (secondary N) is 1. The van der Waals surface area contributed by atoms with Crippen LogP contribution in [0.25, 0.3) is 11.0 Å². The summed E-state index contributed by atoms with van der Waals surface area (Å²) in [5.74, 6) is -0.296. The number of imidazole rings is 2. The molecule has 0 saturated heterocycles. The van der Waals surface area contributed by atoms with Crippen molar-refractivity contribution in [2.24, 2.45) is 0 Å². The van der Waals surface area contributed by atoms with Crippen molar-refractivity contribution in [3.8, 4) is 0 Å². The number of H-pyrrole nitrogens is 1. The third kappa shape index (κ3) is 2.31. The number of benzene rings is 1. The van der Waals surface area contributed by atoms with E-state index in [9.17, 15) is 4.39 Å². The first-order chi connectivity index (χ1) is 9.56. The fourth-order valence-corrected chi connectivity index (χ4v) is 3.07. The van der Waals surface area contributed by atoms with E-state index in [-0.39, 0.29) is 11.9 Å². The molecule has 20 heavy (non-hydrogen) atoms. The number of rotatable bonds is 3. The molecular formula is C13H12BrFN4S. The van der Waals surface area contributed by atoms with E-state index in [1.807, 2.05) is 22.3 Å². The summed E-state index contributed by atoms with van der Waals surface area (Å²) in [7, 11) is 0. The lowest BCUT2D eigenvalue weighted by Gasteiger charge is -2.15. The molecule has 2 aromatic heterocycles. The predicted molar refractivity (Wildman–Crippen MR) is 81.7 cm³/mol. The molecule has 7 heteroatoms. The second-order valence-electron chi connectivity index (χ2n) is 4.69. The fourth-order valence-electron chi connectivity index (χ4n) is 2.34. The van der Waals surface area contributed by atoms with Crippen molar-refractivity contribution in [1.82, 2.24) is 19.1 Å². The molecule has 1 aromatic carbocycles. The summed E-state index contributed by atoms with van der Waals surface area (Å²) in [6, 6.07) is 3.29. The van der Waals surface area contributed by atoms with Gasteiger partial charge in [-0.2, -0.15) is 0 Å². The third-order valence-corrected chi connectivity index (χ3v) is 4.14. The van der Waals surface area contributed by atoms with Crippen LogP contribution >= 0.6 is 28.1 Å². The zero-order chi connectivity index (χ0) is 14.3. The van der Waals surface area contributed by atoms with Gasteiger partial charge in [0.05, 0.1) is 27.9 Å². The molecule has 2 heterocycles. The van der Waals surface area contributed by atoms with Crippen molar-refractivity contribution in [2.75, 3.05) is 0 Å². The van der Waals surface area contributed by atoms with Gasteiger partial charge in [0.2, 0.25) is 0 Å².